The number of amides is 1. The van der Waals surface area contributed by atoms with Gasteiger partial charge in [0.05, 0.1) is 11.9 Å². The summed E-state index contributed by atoms with van der Waals surface area (Å²) in [6.45, 7) is 4.69. The number of fused-ring (bicyclic) bond motifs is 1. The quantitative estimate of drug-likeness (QED) is 0.337. The molecule has 1 amide bonds. The Hall–Kier alpha value is -3.60. The Bertz CT molecular complexity index is 1290. The standard InChI is InChI=1S/C23H27FN8O2/c1-13(2)17-11-19(31-30-17)29-20-15-5-3-6-16(15)28-21(32(20)34)23(9-4-10-26-23)22(33)27-14-7-8-18(24)25-12-14/h7-8,11-13,26,34H,3-6,9-10H2,1-2H3,(H,27,33)(H,30,31). The van der Waals surface area contributed by atoms with Gasteiger partial charge in [-0.1, -0.05) is 13.8 Å². The van der Waals surface area contributed by atoms with Crippen LogP contribution < -0.4 is 16.1 Å². The van der Waals surface area contributed by atoms with Crippen LogP contribution >= 0.6 is 0 Å². The molecule has 1 unspecified atom stereocenters. The first-order chi connectivity index (χ1) is 16.4. The van der Waals surface area contributed by atoms with E-state index in [2.05, 4.69) is 44.7 Å². The molecule has 0 spiro atoms. The van der Waals surface area contributed by atoms with E-state index < -0.39 is 17.4 Å². The van der Waals surface area contributed by atoms with Crippen molar-refractivity contribution in [2.24, 2.45) is 4.99 Å². The summed E-state index contributed by atoms with van der Waals surface area (Å²) in [5, 5.41) is 24.6. The lowest BCUT2D eigenvalue weighted by Crippen LogP contribution is -2.52. The normalized spacial score (nSPS) is 20.2. The number of aryl methyl sites for hydroxylation is 1. The number of carbonyl (C=O) groups is 1. The number of halogens is 1. The van der Waals surface area contributed by atoms with Gasteiger partial charge in [-0.3, -0.25) is 15.2 Å². The van der Waals surface area contributed by atoms with E-state index in [9.17, 15) is 14.4 Å². The first-order valence-electron chi connectivity index (χ1n) is 11.5. The minimum atomic E-state index is -1.28. The van der Waals surface area contributed by atoms with Crippen molar-refractivity contribution >= 4 is 17.4 Å². The number of anilines is 1. The molecule has 1 aliphatic carbocycles. The van der Waals surface area contributed by atoms with Gasteiger partial charge in [0.1, 0.15) is 0 Å². The molecule has 2 aliphatic rings. The highest BCUT2D eigenvalue weighted by molar-refractivity contribution is 5.98. The molecule has 1 fully saturated rings. The number of hydrogen-bond acceptors (Lipinski definition) is 7. The number of hydrogen-bond donors (Lipinski definition) is 4. The van der Waals surface area contributed by atoms with Crippen molar-refractivity contribution in [2.75, 3.05) is 11.9 Å². The highest BCUT2D eigenvalue weighted by Crippen LogP contribution is 2.32. The second kappa shape index (κ2) is 8.64. The topological polar surface area (TPSA) is 133 Å². The minimum absolute atomic E-state index is 0.177. The Morgan fingerprint density at radius 2 is 2.18 bits per heavy atom. The van der Waals surface area contributed by atoms with Gasteiger partial charge in [0.15, 0.2) is 22.7 Å². The highest BCUT2D eigenvalue weighted by atomic mass is 19.1. The Balaban J connectivity index is 1.61. The van der Waals surface area contributed by atoms with Crippen molar-refractivity contribution in [1.82, 2.24) is 30.2 Å². The third kappa shape index (κ3) is 3.85. The van der Waals surface area contributed by atoms with Gasteiger partial charge in [-0.25, -0.2) is 15.0 Å². The van der Waals surface area contributed by atoms with Crippen molar-refractivity contribution < 1.29 is 14.4 Å². The van der Waals surface area contributed by atoms with Crippen LogP contribution in [0.25, 0.3) is 0 Å². The zero-order valence-corrected chi connectivity index (χ0v) is 19.1. The molecule has 0 radical (unpaired) electrons. The minimum Gasteiger partial charge on any atom is -0.425 e. The maximum Gasteiger partial charge on any atom is 0.252 e. The maximum absolute atomic E-state index is 13.5. The van der Waals surface area contributed by atoms with E-state index in [0.29, 0.717) is 30.0 Å². The van der Waals surface area contributed by atoms with Crippen LogP contribution in [-0.4, -0.2) is 42.6 Å². The van der Waals surface area contributed by atoms with E-state index in [1.165, 1.54) is 18.3 Å². The Kier molecular flexibility index (Phi) is 5.64. The zero-order chi connectivity index (χ0) is 23.9. The lowest BCUT2D eigenvalue weighted by atomic mass is 9.94. The first-order valence-corrected chi connectivity index (χ1v) is 11.5. The van der Waals surface area contributed by atoms with Gasteiger partial charge in [-0.15, -0.1) is 0 Å². The molecule has 1 atom stereocenters. The van der Waals surface area contributed by atoms with Crippen molar-refractivity contribution in [1.29, 1.82) is 0 Å². The predicted molar refractivity (Wildman–Crippen MR) is 121 cm³/mol. The van der Waals surface area contributed by atoms with Gasteiger partial charge >= 0.3 is 0 Å². The fourth-order valence-corrected chi connectivity index (χ4v) is 4.59. The van der Waals surface area contributed by atoms with E-state index in [1.807, 2.05) is 6.07 Å². The van der Waals surface area contributed by atoms with Gasteiger partial charge in [0.2, 0.25) is 5.95 Å². The molecule has 11 heteroatoms. The summed E-state index contributed by atoms with van der Waals surface area (Å²) < 4.78 is 14.1. The molecule has 178 valence electrons. The second-order valence-corrected chi connectivity index (χ2v) is 9.06. The van der Waals surface area contributed by atoms with Crippen LogP contribution in [0.5, 0.6) is 0 Å². The Morgan fingerprint density at radius 1 is 1.32 bits per heavy atom. The fraction of sp³-hybridized carbons (Fsp3) is 0.435. The number of pyridine rings is 1. The van der Waals surface area contributed by atoms with E-state index in [1.54, 1.807) is 0 Å². The third-order valence-electron chi connectivity index (χ3n) is 6.44. The molecule has 0 bridgehead atoms. The second-order valence-electron chi connectivity index (χ2n) is 9.06. The third-order valence-corrected chi connectivity index (χ3v) is 6.44. The first kappa shape index (κ1) is 22.2. The Morgan fingerprint density at radius 3 is 2.85 bits per heavy atom. The van der Waals surface area contributed by atoms with Gasteiger partial charge in [-0.2, -0.15) is 14.2 Å². The average molecular weight is 467 g/mol. The molecule has 1 aliphatic heterocycles. The molecule has 0 saturated carbocycles. The number of rotatable bonds is 5. The van der Waals surface area contributed by atoms with Crippen LogP contribution in [0, 0.1) is 5.95 Å². The smallest absolute Gasteiger partial charge is 0.252 e. The predicted octanol–water partition coefficient (Wildman–Crippen LogP) is 2.44. The summed E-state index contributed by atoms with van der Waals surface area (Å²) in [4.78, 5) is 26.5. The number of aromatic amines is 1. The van der Waals surface area contributed by atoms with E-state index in [0.717, 1.165) is 47.4 Å². The van der Waals surface area contributed by atoms with Gasteiger partial charge in [0.25, 0.3) is 5.91 Å². The Labute approximate surface area is 195 Å². The van der Waals surface area contributed by atoms with Gasteiger partial charge in [-0.05, 0) is 56.7 Å². The monoisotopic (exact) mass is 466 g/mol. The van der Waals surface area contributed by atoms with Crippen LogP contribution in [0.15, 0.2) is 29.4 Å². The fourth-order valence-electron chi connectivity index (χ4n) is 4.59. The largest absolute Gasteiger partial charge is 0.425 e. The van der Waals surface area contributed by atoms with Crippen LogP contribution in [0.4, 0.5) is 15.9 Å². The molecular weight excluding hydrogens is 439 g/mol. The molecule has 4 N–H and O–H groups in total. The zero-order valence-electron chi connectivity index (χ0n) is 19.1. The van der Waals surface area contributed by atoms with Crippen LogP contribution in [0.1, 0.15) is 61.8 Å². The van der Waals surface area contributed by atoms with Crippen molar-refractivity contribution in [3.05, 3.63) is 58.6 Å². The van der Waals surface area contributed by atoms with Crippen molar-refractivity contribution in [3.63, 3.8) is 0 Å². The molecule has 1 saturated heterocycles. The molecule has 34 heavy (non-hydrogen) atoms. The van der Waals surface area contributed by atoms with Gasteiger partial charge < -0.3 is 10.5 Å². The van der Waals surface area contributed by atoms with Crippen LogP contribution in [0.3, 0.4) is 0 Å². The molecule has 10 nitrogen and oxygen atoms in total. The van der Waals surface area contributed by atoms with Crippen molar-refractivity contribution in [2.45, 2.75) is 57.4 Å². The summed E-state index contributed by atoms with van der Waals surface area (Å²) in [6.07, 6.45) is 4.76. The summed E-state index contributed by atoms with van der Waals surface area (Å²) in [7, 11) is 0. The number of nitrogens with one attached hydrogen (secondary N) is 3. The molecule has 0 aromatic carbocycles. The maximum atomic E-state index is 13.5. The molecule has 3 aromatic rings. The molecule has 5 rings (SSSR count). The van der Waals surface area contributed by atoms with Gasteiger partial charge in [0, 0.05) is 23.0 Å². The number of aromatic nitrogens is 5. The lowest BCUT2D eigenvalue weighted by molar-refractivity contribution is -0.123. The summed E-state index contributed by atoms with van der Waals surface area (Å²) in [5.74, 6) is -0.151. The van der Waals surface area contributed by atoms with E-state index >= 15 is 0 Å². The molecular formula is C23H27FN8O2. The lowest BCUT2D eigenvalue weighted by Gasteiger charge is -2.29. The highest BCUT2D eigenvalue weighted by Gasteiger charge is 2.47. The summed E-state index contributed by atoms with van der Waals surface area (Å²) >= 11 is 0. The average Bonchev–Trinajstić information content (AvgIpc) is 3.57. The van der Waals surface area contributed by atoms with Crippen molar-refractivity contribution in [3.8, 4) is 0 Å². The number of carbonyl (C=O) groups excluding carboxylic acids is 1. The van der Waals surface area contributed by atoms with Crippen LogP contribution in [0.2, 0.25) is 0 Å². The summed E-state index contributed by atoms with van der Waals surface area (Å²) in [6, 6.07) is 4.47. The molecule has 4 heterocycles. The molecule has 3 aromatic heterocycles. The summed E-state index contributed by atoms with van der Waals surface area (Å²) in [5.41, 5.74) is 2.03. The van der Waals surface area contributed by atoms with E-state index in [4.69, 9.17) is 4.98 Å². The van der Waals surface area contributed by atoms with Crippen LogP contribution in [-0.2, 0) is 23.2 Å². The number of nitrogens with zero attached hydrogens (tertiary/aromatic N) is 5. The van der Waals surface area contributed by atoms with E-state index in [-0.39, 0.29) is 11.7 Å². The SMILES string of the molecule is CC(C)c1cc(N=c2c3c(nc(C4(C(=O)Nc5ccc(F)nc5)CCCN4)n2O)CCC3)n[nH]1. The number of H-pyrrole nitrogens is 1.